The third-order valence-electron chi connectivity index (χ3n) is 3.74. The lowest BCUT2D eigenvalue weighted by molar-refractivity contribution is -0.115. The summed E-state index contributed by atoms with van der Waals surface area (Å²) in [6.45, 7) is 4.33. The van der Waals surface area contributed by atoms with Crippen LogP contribution in [0.5, 0.6) is 5.75 Å². The maximum atomic E-state index is 12.6. The number of aromatic nitrogens is 2. The van der Waals surface area contributed by atoms with Crippen LogP contribution in [0.15, 0.2) is 72.1 Å². The normalized spacial score (nSPS) is 11.8. The number of thioether (sulfide) groups is 1. The van der Waals surface area contributed by atoms with Gasteiger partial charge in [-0.25, -0.2) is 4.98 Å². The Hall–Kier alpha value is -2.73. The van der Waals surface area contributed by atoms with Gasteiger partial charge in [0, 0.05) is 18.1 Å². The number of benzene rings is 2. The van der Waals surface area contributed by atoms with Crippen LogP contribution in [-0.2, 0) is 4.79 Å². The Labute approximate surface area is 157 Å². The summed E-state index contributed by atoms with van der Waals surface area (Å²) >= 11 is 1.42. The van der Waals surface area contributed by atoms with Gasteiger partial charge in [0.2, 0.25) is 5.91 Å². The molecule has 0 saturated carbocycles. The lowest BCUT2D eigenvalue weighted by atomic mass is 10.3. The first-order valence-corrected chi connectivity index (χ1v) is 9.35. The monoisotopic (exact) mass is 367 g/mol. The van der Waals surface area contributed by atoms with Gasteiger partial charge in [-0.2, -0.15) is 0 Å². The molecular formula is C20H21N3O2S. The van der Waals surface area contributed by atoms with Gasteiger partial charge in [-0.05, 0) is 38.1 Å². The van der Waals surface area contributed by atoms with Crippen molar-refractivity contribution in [2.24, 2.45) is 0 Å². The van der Waals surface area contributed by atoms with E-state index < -0.39 is 0 Å². The van der Waals surface area contributed by atoms with E-state index in [-0.39, 0.29) is 11.2 Å². The summed E-state index contributed by atoms with van der Waals surface area (Å²) in [6, 6.07) is 17.4. The summed E-state index contributed by atoms with van der Waals surface area (Å²) in [5, 5.41) is 3.41. The van der Waals surface area contributed by atoms with E-state index in [0.717, 1.165) is 10.8 Å². The first-order chi connectivity index (χ1) is 12.7. The molecule has 0 aliphatic carbocycles. The number of nitrogens with one attached hydrogen (secondary N) is 1. The minimum Gasteiger partial charge on any atom is -0.492 e. The molecule has 1 N–H and O–H groups in total. The Morgan fingerprint density at radius 3 is 2.69 bits per heavy atom. The highest BCUT2D eigenvalue weighted by atomic mass is 32.2. The zero-order valence-corrected chi connectivity index (χ0v) is 15.6. The maximum Gasteiger partial charge on any atom is 0.237 e. The Morgan fingerprint density at radius 1 is 1.19 bits per heavy atom. The second-order valence-corrected chi connectivity index (χ2v) is 6.90. The van der Waals surface area contributed by atoms with Gasteiger partial charge in [0.15, 0.2) is 5.16 Å². The molecule has 6 heteroatoms. The third kappa shape index (κ3) is 4.26. The number of hydrogen-bond donors (Lipinski definition) is 1. The number of rotatable bonds is 7. The fourth-order valence-corrected chi connectivity index (χ4v) is 3.34. The van der Waals surface area contributed by atoms with Crippen molar-refractivity contribution in [2.75, 3.05) is 11.9 Å². The van der Waals surface area contributed by atoms with E-state index in [4.69, 9.17) is 4.74 Å². The van der Waals surface area contributed by atoms with E-state index in [0.29, 0.717) is 18.0 Å². The summed E-state index contributed by atoms with van der Waals surface area (Å²) in [4.78, 5) is 17.0. The van der Waals surface area contributed by atoms with Crippen molar-refractivity contribution in [1.29, 1.82) is 0 Å². The molecule has 0 aliphatic heterocycles. The number of para-hydroxylation sites is 3. The number of nitrogens with zero attached hydrogens (tertiary/aromatic N) is 2. The SMILES string of the molecule is CCOc1ccccc1NC(=O)C(C)Sc1nccn1-c1ccccc1. The van der Waals surface area contributed by atoms with Gasteiger partial charge in [-0.1, -0.05) is 42.1 Å². The van der Waals surface area contributed by atoms with Crippen molar-refractivity contribution >= 4 is 23.4 Å². The van der Waals surface area contributed by atoms with Gasteiger partial charge in [0.05, 0.1) is 17.5 Å². The Morgan fingerprint density at radius 2 is 1.92 bits per heavy atom. The van der Waals surface area contributed by atoms with Crippen LogP contribution < -0.4 is 10.1 Å². The minimum atomic E-state index is -0.311. The van der Waals surface area contributed by atoms with Crippen molar-refractivity contribution in [2.45, 2.75) is 24.3 Å². The molecular weight excluding hydrogens is 346 g/mol. The predicted octanol–water partition coefficient (Wildman–Crippen LogP) is 4.39. The van der Waals surface area contributed by atoms with Gasteiger partial charge in [0.1, 0.15) is 5.75 Å². The number of carbonyl (C=O) groups excluding carboxylic acids is 1. The largest absolute Gasteiger partial charge is 0.492 e. The average molecular weight is 367 g/mol. The van der Waals surface area contributed by atoms with E-state index in [1.165, 1.54) is 11.8 Å². The molecule has 1 heterocycles. The van der Waals surface area contributed by atoms with Crippen LogP contribution in [0, 0.1) is 0 Å². The molecule has 0 saturated heterocycles. The van der Waals surface area contributed by atoms with E-state index in [2.05, 4.69) is 10.3 Å². The maximum absolute atomic E-state index is 12.6. The fraction of sp³-hybridized carbons (Fsp3) is 0.200. The quantitative estimate of drug-likeness (QED) is 0.629. The van der Waals surface area contributed by atoms with Crippen molar-refractivity contribution in [3.63, 3.8) is 0 Å². The summed E-state index contributed by atoms with van der Waals surface area (Å²) < 4.78 is 7.54. The van der Waals surface area contributed by atoms with Gasteiger partial charge in [-0.15, -0.1) is 0 Å². The molecule has 3 aromatic rings. The van der Waals surface area contributed by atoms with Crippen LogP contribution in [-0.4, -0.2) is 27.3 Å². The standard InChI is InChI=1S/C20H21N3O2S/c1-3-25-18-12-8-7-11-17(18)22-19(24)15(2)26-20-21-13-14-23(20)16-9-5-4-6-10-16/h4-15H,3H2,1-2H3,(H,22,24). The van der Waals surface area contributed by atoms with E-state index in [9.17, 15) is 4.79 Å². The second kappa shape index (κ2) is 8.58. The molecule has 0 bridgehead atoms. The van der Waals surface area contributed by atoms with Crippen molar-refractivity contribution < 1.29 is 9.53 Å². The van der Waals surface area contributed by atoms with Crippen LogP contribution in [0.2, 0.25) is 0 Å². The molecule has 0 radical (unpaired) electrons. The van der Waals surface area contributed by atoms with Crippen LogP contribution in [0.3, 0.4) is 0 Å². The van der Waals surface area contributed by atoms with Crippen molar-refractivity contribution in [3.05, 3.63) is 67.0 Å². The number of imidazole rings is 1. The van der Waals surface area contributed by atoms with E-state index >= 15 is 0 Å². The summed E-state index contributed by atoms with van der Waals surface area (Å²) in [5.41, 5.74) is 1.69. The van der Waals surface area contributed by atoms with E-state index in [1.54, 1.807) is 6.20 Å². The Kier molecular flexibility index (Phi) is 5.96. The average Bonchev–Trinajstić information content (AvgIpc) is 3.12. The van der Waals surface area contributed by atoms with Crippen LogP contribution >= 0.6 is 11.8 Å². The third-order valence-corrected chi connectivity index (χ3v) is 4.82. The first-order valence-electron chi connectivity index (χ1n) is 8.47. The molecule has 5 nitrogen and oxygen atoms in total. The lowest BCUT2D eigenvalue weighted by Crippen LogP contribution is -2.23. The summed E-state index contributed by atoms with van der Waals surface area (Å²) in [5.74, 6) is 0.580. The molecule has 0 spiro atoms. The number of ether oxygens (including phenoxy) is 1. The molecule has 0 fully saturated rings. The summed E-state index contributed by atoms with van der Waals surface area (Å²) in [6.07, 6.45) is 3.64. The van der Waals surface area contributed by atoms with Gasteiger partial charge in [0.25, 0.3) is 0 Å². The molecule has 3 rings (SSSR count). The molecule has 0 aliphatic rings. The molecule has 1 aromatic heterocycles. The lowest BCUT2D eigenvalue weighted by Gasteiger charge is -2.15. The van der Waals surface area contributed by atoms with Crippen molar-refractivity contribution in [1.82, 2.24) is 9.55 Å². The zero-order chi connectivity index (χ0) is 18.4. The zero-order valence-electron chi connectivity index (χ0n) is 14.8. The van der Waals surface area contributed by atoms with Gasteiger partial charge >= 0.3 is 0 Å². The molecule has 134 valence electrons. The van der Waals surface area contributed by atoms with E-state index in [1.807, 2.05) is 79.2 Å². The number of carbonyl (C=O) groups is 1. The molecule has 1 atom stereocenters. The first kappa shape index (κ1) is 18.1. The summed E-state index contributed by atoms with van der Waals surface area (Å²) in [7, 11) is 0. The smallest absolute Gasteiger partial charge is 0.237 e. The van der Waals surface area contributed by atoms with Gasteiger partial charge < -0.3 is 10.1 Å². The number of amides is 1. The highest BCUT2D eigenvalue weighted by molar-refractivity contribution is 8.00. The van der Waals surface area contributed by atoms with Crippen molar-refractivity contribution in [3.8, 4) is 11.4 Å². The van der Waals surface area contributed by atoms with Crippen LogP contribution in [0.25, 0.3) is 5.69 Å². The Bertz CT molecular complexity index is 864. The molecule has 26 heavy (non-hydrogen) atoms. The Balaban J connectivity index is 1.70. The molecule has 1 unspecified atom stereocenters. The predicted molar refractivity (Wildman–Crippen MR) is 105 cm³/mol. The second-order valence-electron chi connectivity index (χ2n) is 5.59. The van der Waals surface area contributed by atoms with Crippen LogP contribution in [0.1, 0.15) is 13.8 Å². The van der Waals surface area contributed by atoms with Crippen LogP contribution in [0.4, 0.5) is 5.69 Å². The molecule has 1 amide bonds. The van der Waals surface area contributed by atoms with Gasteiger partial charge in [-0.3, -0.25) is 9.36 Å². The highest BCUT2D eigenvalue weighted by Crippen LogP contribution is 2.28. The fourth-order valence-electron chi connectivity index (χ4n) is 2.46. The minimum absolute atomic E-state index is 0.0928. The number of hydrogen-bond acceptors (Lipinski definition) is 4. The number of anilines is 1. The molecule has 2 aromatic carbocycles. The topological polar surface area (TPSA) is 56.1 Å². The highest BCUT2D eigenvalue weighted by Gasteiger charge is 2.19.